The zero-order chi connectivity index (χ0) is 15.4. The molecule has 0 aliphatic carbocycles. The zero-order valence-electron chi connectivity index (χ0n) is 13.0. The van der Waals surface area contributed by atoms with Gasteiger partial charge in [0.05, 0.1) is 0 Å². The van der Waals surface area contributed by atoms with E-state index in [9.17, 15) is 0 Å². The first-order valence-corrected chi connectivity index (χ1v) is 7.39. The second kappa shape index (κ2) is 6.45. The average Bonchev–Trinajstić information content (AvgIpc) is 2.74. The van der Waals surface area contributed by atoms with Gasteiger partial charge in [-0.1, -0.05) is 57.0 Å². The fourth-order valence-corrected chi connectivity index (χ4v) is 2.60. The highest BCUT2D eigenvalue weighted by Gasteiger charge is 2.05. The average molecular weight is 277 g/mol. The molecule has 0 aliphatic heterocycles. The Labute approximate surface area is 126 Å². The van der Waals surface area contributed by atoms with Crippen molar-refractivity contribution in [1.29, 1.82) is 0 Å². The molecule has 0 unspecified atom stereocenters. The van der Waals surface area contributed by atoms with Crippen LogP contribution in [-0.2, 0) is 6.54 Å². The second-order valence-electron chi connectivity index (χ2n) is 5.22. The lowest BCUT2D eigenvalue weighted by molar-refractivity contribution is 0.686. The summed E-state index contributed by atoms with van der Waals surface area (Å²) in [5, 5.41) is 3.42. The highest BCUT2D eigenvalue weighted by molar-refractivity contribution is 5.83. The van der Waals surface area contributed by atoms with E-state index in [1.165, 1.54) is 10.9 Å². The van der Waals surface area contributed by atoms with E-state index in [0.29, 0.717) is 0 Å². The van der Waals surface area contributed by atoms with Crippen LogP contribution >= 0.6 is 0 Å². The normalized spacial score (nSPS) is 12.4. The minimum Gasteiger partial charge on any atom is -0.341 e. The smallest absolute Gasteiger partial charge is 0.0491 e. The molecule has 0 radical (unpaired) electrons. The number of aryl methyl sites for hydroxylation is 1. The SMILES string of the molecule is C=C(C=CC)C(=C)C=c1c(=C)n(CCC)c2ccccc12. The van der Waals surface area contributed by atoms with E-state index in [4.69, 9.17) is 0 Å². The van der Waals surface area contributed by atoms with Crippen LogP contribution in [0.5, 0.6) is 0 Å². The van der Waals surface area contributed by atoms with Crippen molar-refractivity contribution >= 4 is 23.6 Å². The summed E-state index contributed by atoms with van der Waals surface area (Å²) in [6.45, 7) is 17.6. The maximum absolute atomic E-state index is 4.28. The number of para-hydroxylation sites is 1. The van der Waals surface area contributed by atoms with Crippen molar-refractivity contribution in [2.75, 3.05) is 0 Å². The third-order valence-corrected chi connectivity index (χ3v) is 3.67. The number of fused-ring (bicyclic) bond motifs is 1. The van der Waals surface area contributed by atoms with Gasteiger partial charge in [-0.05, 0) is 36.6 Å². The lowest BCUT2D eigenvalue weighted by atomic mass is 10.1. The van der Waals surface area contributed by atoms with E-state index in [1.807, 2.05) is 19.1 Å². The predicted octanol–water partition coefficient (Wildman–Crippen LogP) is 3.93. The summed E-state index contributed by atoms with van der Waals surface area (Å²) in [6, 6.07) is 8.44. The maximum atomic E-state index is 4.28. The van der Waals surface area contributed by atoms with Gasteiger partial charge in [-0.25, -0.2) is 0 Å². The van der Waals surface area contributed by atoms with Gasteiger partial charge in [0.25, 0.3) is 0 Å². The Bertz CT molecular complexity index is 815. The molecule has 0 atom stereocenters. The van der Waals surface area contributed by atoms with Crippen LogP contribution in [0.1, 0.15) is 20.3 Å². The molecule has 21 heavy (non-hydrogen) atoms. The summed E-state index contributed by atoms with van der Waals surface area (Å²) in [7, 11) is 0. The summed E-state index contributed by atoms with van der Waals surface area (Å²) in [5.41, 5.74) is 3.10. The predicted molar refractivity (Wildman–Crippen MR) is 94.6 cm³/mol. The van der Waals surface area contributed by atoms with Crippen LogP contribution in [0.4, 0.5) is 0 Å². The third kappa shape index (κ3) is 2.92. The topological polar surface area (TPSA) is 4.93 Å². The Morgan fingerprint density at radius 3 is 2.57 bits per heavy atom. The van der Waals surface area contributed by atoms with Crippen LogP contribution in [0, 0.1) is 0 Å². The van der Waals surface area contributed by atoms with Crippen molar-refractivity contribution in [2.24, 2.45) is 0 Å². The molecule has 1 aromatic carbocycles. The van der Waals surface area contributed by atoms with Gasteiger partial charge in [0.2, 0.25) is 0 Å². The molecule has 0 aliphatic rings. The summed E-state index contributed by atoms with van der Waals surface area (Å²) in [4.78, 5) is 0. The molecule has 2 rings (SSSR count). The van der Waals surface area contributed by atoms with Gasteiger partial charge in [0, 0.05) is 28.0 Å². The van der Waals surface area contributed by atoms with Gasteiger partial charge in [0.1, 0.15) is 0 Å². The summed E-state index contributed by atoms with van der Waals surface area (Å²) < 4.78 is 2.28. The van der Waals surface area contributed by atoms with Gasteiger partial charge in [0.15, 0.2) is 0 Å². The number of hydrogen-bond acceptors (Lipinski definition) is 0. The van der Waals surface area contributed by atoms with Crippen LogP contribution < -0.4 is 10.6 Å². The standard InChI is InChI=1S/C20H23N/c1-6-10-15(3)16(4)14-19-17(5)21(13-7-2)20-12-9-8-11-18(19)20/h6,8-12,14H,3-5,7,13H2,1-2H3. The fourth-order valence-electron chi connectivity index (χ4n) is 2.60. The molecule has 1 nitrogen and oxygen atoms in total. The van der Waals surface area contributed by atoms with Crippen LogP contribution in [0.15, 0.2) is 60.7 Å². The lowest BCUT2D eigenvalue weighted by Crippen LogP contribution is -2.27. The van der Waals surface area contributed by atoms with Gasteiger partial charge in [-0.3, -0.25) is 0 Å². The molecule has 0 spiro atoms. The van der Waals surface area contributed by atoms with E-state index in [1.54, 1.807) is 0 Å². The van der Waals surface area contributed by atoms with Crippen LogP contribution in [0.2, 0.25) is 0 Å². The van der Waals surface area contributed by atoms with Gasteiger partial charge < -0.3 is 4.57 Å². The number of allylic oxidation sites excluding steroid dienone is 4. The molecular weight excluding hydrogens is 254 g/mol. The summed E-state index contributed by atoms with van der Waals surface area (Å²) >= 11 is 0. The van der Waals surface area contributed by atoms with Crippen molar-refractivity contribution in [2.45, 2.75) is 26.8 Å². The molecular formula is C20H23N. The quantitative estimate of drug-likeness (QED) is 0.730. The monoisotopic (exact) mass is 277 g/mol. The molecule has 0 N–H and O–H groups in total. The highest BCUT2D eigenvalue weighted by Crippen LogP contribution is 2.12. The van der Waals surface area contributed by atoms with Crippen molar-refractivity contribution in [1.82, 2.24) is 4.57 Å². The van der Waals surface area contributed by atoms with Crippen molar-refractivity contribution in [3.8, 4) is 0 Å². The highest BCUT2D eigenvalue weighted by atomic mass is 15.0. The lowest BCUT2D eigenvalue weighted by Gasteiger charge is -2.02. The van der Waals surface area contributed by atoms with E-state index < -0.39 is 0 Å². The minimum atomic E-state index is 0.928. The number of benzene rings is 1. The zero-order valence-corrected chi connectivity index (χ0v) is 13.0. The summed E-state index contributed by atoms with van der Waals surface area (Å²) in [6.07, 6.45) is 7.14. The molecule has 0 saturated heterocycles. The molecule has 2 aromatic rings. The largest absolute Gasteiger partial charge is 0.341 e. The van der Waals surface area contributed by atoms with Crippen LogP contribution in [0.25, 0.3) is 23.6 Å². The van der Waals surface area contributed by atoms with E-state index >= 15 is 0 Å². The van der Waals surface area contributed by atoms with Crippen molar-refractivity contribution < 1.29 is 0 Å². The van der Waals surface area contributed by atoms with Crippen molar-refractivity contribution in [3.05, 3.63) is 71.3 Å². The van der Waals surface area contributed by atoms with Crippen LogP contribution in [-0.4, -0.2) is 4.57 Å². The first-order valence-electron chi connectivity index (χ1n) is 7.39. The van der Waals surface area contributed by atoms with E-state index in [0.717, 1.165) is 34.7 Å². The van der Waals surface area contributed by atoms with E-state index in [-0.39, 0.29) is 0 Å². The Balaban J connectivity index is 2.70. The first-order chi connectivity index (χ1) is 10.1. The maximum Gasteiger partial charge on any atom is 0.0491 e. The molecule has 0 bridgehead atoms. The van der Waals surface area contributed by atoms with Gasteiger partial charge in [-0.2, -0.15) is 0 Å². The Morgan fingerprint density at radius 1 is 1.19 bits per heavy atom. The van der Waals surface area contributed by atoms with Crippen molar-refractivity contribution in [3.63, 3.8) is 0 Å². The summed E-state index contributed by atoms with van der Waals surface area (Å²) in [5.74, 6) is 0. The number of hydrogen-bond donors (Lipinski definition) is 0. The number of rotatable bonds is 5. The number of nitrogens with zero attached hydrogens (tertiary/aromatic N) is 1. The molecule has 1 aromatic heterocycles. The van der Waals surface area contributed by atoms with E-state index in [2.05, 4.69) is 61.6 Å². The number of aromatic nitrogens is 1. The minimum absolute atomic E-state index is 0.928. The molecule has 0 fully saturated rings. The third-order valence-electron chi connectivity index (χ3n) is 3.67. The Hall–Kier alpha value is -2.28. The Morgan fingerprint density at radius 2 is 1.90 bits per heavy atom. The van der Waals surface area contributed by atoms with Crippen LogP contribution in [0.3, 0.4) is 0 Å². The van der Waals surface area contributed by atoms with Gasteiger partial charge >= 0.3 is 0 Å². The molecule has 0 saturated carbocycles. The molecule has 0 amide bonds. The molecule has 108 valence electrons. The second-order valence-corrected chi connectivity index (χ2v) is 5.22. The molecule has 1 heterocycles. The first kappa shape index (κ1) is 15.1. The fraction of sp³-hybridized carbons (Fsp3) is 0.200. The van der Waals surface area contributed by atoms with Gasteiger partial charge in [-0.15, -0.1) is 0 Å². The molecule has 1 heteroatoms. The Kier molecular flexibility index (Phi) is 4.64.